The zero-order chi connectivity index (χ0) is 24.2. The normalized spacial score (nSPS) is 26.0. The van der Waals surface area contributed by atoms with Crippen molar-refractivity contribution >= 4 is 27.5 Å². The molecule has 2 aliphatic rings. The van der Waals surface area contributed by atoms with Crippen molar-refractivity contribution in [3.05, 3.63) is 64.4 Å². The summed E-state index contributed by atoms with van der Waals surface area (Å²) in [7, 11) is -2.81. The van der Waals surface area contributed by atoms with Gasteiger partial charge in [0.1, 0.15) is 10.7 Å². The molecule has 2 aromatic carbocycles. The van der Waals surface area contributed by atoms with E-state index in [4.69, 9.17) is 11.6 Å². The largest absolute Gasteiger partial charge is 0.348 e. The highest BCUT2D eigenvalue weighted by atomic mass is 35.5. The molecule has 0 aliphatic heterocycles. The summed E-state index contributed by atoms with van der Waals surface area (Å²) in [6, 6.07) is 10.9. The van der Waals surface area contributed by atoms with Crippen LogP contribution in [0.25, 0.3) is 0 Å². The summed E-state index contributed by atoms with van der Waals surface area (Å²) in [5, 5.41) is 3.00. The van der Waals surface area contributed by atoms with Gasteiger partial charge in [0.15, 0.2) is 0 Å². The summed E-state index contributed by atoms with van der Waals surface area (Å²) >= 11 is 6.22. The van der Waals surface area contributed by atoms with Gasteiger partial charge in [0.25, 0.3) is 5.91 Å². The van der Waals surface area contributed by atoms with Gasteiger partial charge in [-0.1, -0.05) is 62.7 Å². The van der Waals surface area contributed by atoms with Gasteiger partial charge in [-0.2, -0.15) is 4.31 Å². The zero-order valence-corrected chi connectivity index (χ0v) is 20.9. The van der Waals surface area contributed by atoms with E-state index in [1.54, 1.807) is 24.3 Å². The smallest absolute Gasteiger partial charge is 0.253 e. The van der Waals surface area contributed by atoms with Crippen LogP contribution in [0.1, 0.15) is 56.0 Å². The summed E-state index contributed by atoms with van der Waals surface area (Å²) in [4.78, 5) is 12.7. The Morgan fingerprint density at radius 1 is 1.21 bits per heavy atom. The summed E-state index contributed by atoms with van der Waals surface area (Å²) in [6.45, 7) is 6.58. The molecule has 33 heavy (non-hydrogen) atoms. The molecule has 0 heterocycles. The Hall–Kier alpha value is -1.96. The van der Waals surface area contributed by atoms with Crippen molar-refractivity contribution in [2.24, 2.45) is 16.7 Å². The number of carbonyl (C=O) groups is 1. The predicted molar refractivity (Wildman–Crippen MR) is 127 cm³/mol. The van der Waals surface area contributed by atoms with Crippen LogP contribution >= 0.6 is 11.6 Å². The van der Waals surface area contributed by atoms with Crippen LogP contribution in [0.4, 0.5) is 4.39 Å². The summed E-state index contributed by atoms with van der Waals surface area (Å²) in [5.41, 5.74) is 0.635. The highest BCUT2D eigenvalue weighted by molar-refractivity contribution is 7.89. The fourth-order valence-electron chi connectivity index (χ4n) is 5.87. The molecule has 0 saturated heterocycles. The molecular weight excluding hydrogens is 463 g/mol. The third kappa shape index (κ3) is 4.19. The van der Waals surface area contributed by atoms with E-state index in [-0.39, 0.29) is 34.0 Å². The predicted octanol–water partition coefficient (Wildman–Crippen LogP) is 5.24. The molecule has 3 atom stereocenters. The monoisotopic (exact) mass is 492 g/mol. The average molecular weight is 493 g/mol. The molecule has 0 unspecified atom stereocenters. The number of hydrogen-bond donors (Lipinski definition) is 1. The highest BCUT2D eigenvalue weighted by Gasteiger charge is 2.59. The van der Waals surface area contributed by atoms with Crippen molar-refractivity contribution in [3.63, 3.8) is 0 Å². The second kappa shape index (κ2) is 8.36. The minimum absolute atomic E-state index is 0.0128. The van der Waals surface area contributed by atoms with Crippen LogP contribution in [-0.4, -0.2) is 31.7 Å². The topological polar surface area (TPSA) is 66.5 Å². The van der Waals surface area contributed by atoms with E-state index in [2.05, 4.69) is 26.1 Å². The number of nitrogens with one attached hydrogen (secondary N) is 1. The van der Waals surface area contributed by atoms with Gasteiger partial charge in [-0.25, -0.2) is 12.8 Å². The lowest BCUT2D eigenvalue weighted by atomic mass is 9.68. The molecule has 1 amide bonds. The summed E-state index contributed by atoms with van der Waals surface area (Å²) in [6.07, 6.45) is 3.22. The first-order valence-electron chi connectivity index (χ1n) is 11.2. The van der Waals surface area contributed by atoms with E-state index in [9.17, 15) is 17.6 Å². The number of nitrogens with zero attached hydrogens (tertiary/aromatic N) is 1. The van der Waals surface area contributed by atoms with Gasteiger partial charge >= 0.3 is 0 Å². The van der Waals surface area contributed by atoms with Crippen LogP contribution in [-0.2, 0) is 16.6 Å². The van der Waals surface area contributed by atoms with Gasteiger partial charge in [-0.05, 0) is 53.7 Å². The maximum absolute atomic E-state index is 14.8. The molecule has 2 aliphatic carbocycles. The van der Waals surface area contributed by atoms with Crippen molar-refractivity contribution in [1.29, 1.82) is 0 Å². The maximum atomic E-state index is 14.8. The van der Waals surface area contributed by atoms with E-state index in [0.29, 0.717) is 5.92 Å². The number of fused-ring (bicyclic) bond motifs is 2. The Morgan fingerprint density at radius 3 is 2.48 bits per heavy atom. The molecule has 4 rings (SSSR count). The molecule has 178 valence electrons. The van der Waals surface area contributed by atoms with Gasteiger partial charge in [0, 0.05) is 19.6 Å². The lowest BCUT2D eigenvalue weighted by Gasteiger charge is -2.43. The maximum Gasteiger partial charge on any atom is 0.253 e. The molecule has 1 N–H and O–H groups in total. The van der Waals surface area contributed by atoms with Crippen LogP contribution in [0, 0.1) is 22.6 Å². The third-order valence-electron chi connectivity index (χ3n) is 7.75. The third-order valence-corrected chi connectivity index (χ3v) is 9.88. The molecule has 2 bridgehead atoms. The molecule has 5 nitrogen and oxygen atoms in total. The molecule has 0 radical (unpaired) electrons. The minimum atomic E-state index is -4.19. The second-order valence-corrected chi connectivity index (χ2v) is 12.8. The first kappa shape index (κ1) is 24.2. The first-order chi connectivity index (χ1) is 15.4. The number of hydrogen-bond acceptors (Lipinski definition) is 3. The van der Waals surface area contributed by atoms with E-state index in [1.165, 1.54) is 7.05 Å². The molecule has 0 spiro atoms. The molecule has 2 fully saturated rings. The van der Waals surface area contributed by atoms with E-state index in [1.807, 2.05) is 6.07 Å². The van der Waals surface area contributed by atoms with Crippen molar-refractivity contribution in [2.75, 3.05) is 7.05 Å². The summed E-state index contributed by atoms with van der Waals surface area (Å²) in [5.74, 6) is -0.934. The number of sulfonamides is 1. The number of amides is 1. The fraction of sp³-hybridized carbons (Fsp3) is 0.480. The zero-order valence-electron chi connectivity index (χ0n) is 19.4. The Bertz CT molecular complexity index is 1180. The molecule has 2 saturated carbocycles. The Labute approximate surface area is 200 Å². The van der Waals surface area contributed by atoms with Crippen LogP contribution < -0.4 is 5.32 Å². The number of carbonyl (C=O) groups excluding carboxylic acids is 1. The van der Waals surface area contributed by atoms with E-state index < -0.39 is 26.6 Å². The van der Waals surface area contributed by atoms with E-state index >= 15 is 0 Å². The SMILES string of the molecule is CN(Cc1ccccc1)S(=O)(=O)c1cc(C(=O)N[C@H]2C(C)(C)[C@H]3CC[C@@]2(C)C3)c(Cl)cc1F. The van der Waals surface area contributed by atoms with Crippen molar-refractivity contribution in [3.8, 4) is 0 Å². The van der Waals surface area contributed by atoms with Gasteiger partial charge in [-0.15, -0.1) is 0 Å². The average Bonchev–Trinajstić information content (AvgIpc) is 3.22. The Kier molecular flexibility index (Phi) is 6.13. The van der Waals surface area contributed by atoms with Crippen LogP contribution in [0.3, 0.4) is 0 Å². The fourth-order valence-corrected chi connectivity index (χ4v) is 7.33. The lowest BCUT2D eigenvalue weighted by molar-refractivity contribution is 0.0737. The molecule has 2 aromatic rings. The lowest BCUT2D eigenvalue weighted by Crippen LogP contribution is -2.52. The first-order valence-corrected chi connectivity index (χ1v) is 13.0. The van der Waals surface area contributed by atoms with Crippen LogP contribution in [0.2, 0.25) is 5.02 Å². The Balaban J connectivity index is 1.62. The quantitative estimate of drug-likeness (QED) is 0.599. The highest BCUT2D eigenvalue weighted by Crippen LogP contribution is 2.62. The number of rotatable bonds is 6. The number of halogens is 2. The van der Waals surface area contributed by atoms with Crippen LogP contribution in [0.15, 0.2) is 47.4 Å². The van der Waals surface area contributed by atoms with Crippen molar-refractivity contribution in [2.45, 2.75) is 57.5 Å². The number of benzene rings is 2. The Morgan fingerprint density at radius 2 is 1.88 bits per heavy atom. The van der Waals surface area contributed by atoms with Crippen molar-refractivity contribution < 1.29 is 17.6 Å². The van der Waals surface area contributed by atoms with Gasteiger partial charge in [0.05, 0.1) is 10.6 Å². The van der Waals surface area contributed by atoms with E-state index in [0.717, 1.165) is 41.3 Å². The van der Waals surface area contributed by atoms with Crippen molar-refractivity contribution in [1.82, 2.24) is 9.62 Å². The molecule has 0 aromatic heterocycles. The minimum Gasteiger partial charge on any atom is -0.348 e. The standard InChI is InChI=1S/C25H30ClFN2O3S/c1-24(2)17-10-11-25(3,14-17)23(24)28-22(30)18-12-21(20(27)13-19(18)26)33(31,32)29(4)15-16-8-6-5-7-9-16/h5-9,12-13,17,23H,10-11,14-15H2,1-4H3,(H,28,30)/t17-,23-,25-/m0/s1. The van der Waals surface area contributed by atoms with Gasteiger partial charge < -0.3 is 5.32 Å². The second-order valence-electron chi connectivity index (χ2n) is 10.3. The van der Waals surface area contributed by atoms with Gasteiger partial charge in [-0.3, -0.25) is 4.79 Å². The van der Waals surface area contributed by atoms with Crippen LogP contribution in [0.5, 0.6) is 0 Å². The molecular formula is C25H30ClFN2O3S. The molecule has 8 heteroatoms. The van der Waals surface area contributed by atoms with Gasteiger partial charge in [0.2, 0.25) is 10.0 Å². The summed E-state index contributed by atoms with van der Waals surface area (Å²) < 4.78 is 42.2.